The summed E-state index contributed by atoms with van der Waals surface area (Å²) >= 11 is 0. The molecular formula is C14H20N2O5. The SMILES string of the molecule is COCCCC(NC(=O)N(C)c1ccc(O)cc1)C(=O)O. The van der Waals surface area contributed by atoms with Gasteiger partial charge in [-0.2, -0.15) is 0 Å². The van der Waals surface area contributed by atoms with Crippen LogP contribution in [0.4, 0.5) is 10.5 Å². The molecule has 0 bridgehead atoms. The number of hydrogen-bond donors (Lipinski definition) is 3. The van der Waals surface area contributed by atoms with E-state index < -0.39 is 18.0 Å². The lowest BCUT2D eigenvalue weighted by molar-refractivity contribution is -0.139. The molecule has 0 saturated heterocycles. The second-order valence-corrected chi connectivity index (χ2v) is 4.55. The maximum absolute atomic E-state index is 12.0. The Balaban J connectivity index is 2.63. The van der Waals surface area contributed by atoms with Crippen LogP contribution in [0.1, 0.15) is 12.8 Å². The van der Waals surface area contributed by atoms with Gasteiger partial charge in [-0.25, -0.2) is 9.59 Å². The van der Waals surface area contributed by atoms with Gasteiger partial charge in [-0.3, -0.25) is 4.90 Å². The Hall–Kier alpha value is -2.28. The quantitative estimate of drug-likeness (QED) is 0.661. The molecule has 7 heteroatoms. The molecule has 2 amide bonds. The van der Waals surface area contributed by atoms with Crippen LogP contribution in [-0.4, -0.2) is 49.0 Å². The van der Waals surface area contributed by atoms with Crippen molar-refractivity contribution in [2.24, 2.45) is 0 Å². The summed E-state index contributed by atoms with van der Waals surface area (Å²) in [7, 11) is 3.06. The van der Waals surface area contributed by atoms with Gasteiger partial charge >= 0.3 is 12.0 Å². The number of urea groups is 1. The normalized spacial score (nSPS) is 11.7. The first kappa shape index (κ1) is 16.8. The summed E-state index contributed by atoms with van der Waals surface area (Å²) in [4.78, 5) is 24.4. The first-order valence-electron chi connectivity index (χ1n) is 6.50. The second kappa shape index (κ2) is 8.11. The lowest BCUT2D eigenvalue weighted by atomic mass is 10.1. The summed E-state index contributed by atoms with van der Waals surface area (Å²) in [6.07, 6.45) is 0.828. The Morgan fingerprint density at radius 2 is 1.95 bits per heavy atom. The molecule has 1 unspecified atom stereocenters. The van der Waals surface area contributed by atoms with E-state index in [1.807, 2.05) is 0 Å². The number of carboxylic acids is 1. The molecule has 0 spiro atoms. The van der Waals surface area contributed by atoms with E-state index in [-0.39, 0.29) is 5.75 Å². The molecule has 0 aliphatic rings. The van der Waals surface area contributed by atoms with Crippen LogP contribution < -0.4 is 10.2 Å². The van der Waals surface area contributed by atoms with Gasteiger partial charge in [0.05, 0.1) is 0 Å². The molecule has 7 nitrogen and oxygen atoms in total. The standard InChI is InChI=1S/C14H20N2O5/c1-16(10-5-7-11(17)8-6-10)14(20)15-12(13(18)19)4-3-9-21-2/h5-8,12,17H,3-4,9H2,1-2H3,(H,15,20)(H,18,19). The van der Waals surface area contributed by atoms with E-state index in [0.29, 0.717) is 25.1 Å². The van der Waals surface area contributed by atoms with E-state index in [1.54, 1.807) is 12.1 Å². The van der Waals surface area contributed by atoms with E-state index in [4.69, 9.17) is 9.84 Å². The first-order chi connectivity index (χ1) is 9.95. The summed E-state index contributed by atoms with van der Waals surface area (Å²) in [6, 6.07) is 4.54. The maximum atomic E-state index is 12.0. The largest absolute Gasteiger partial charge is 0.508 e. The van der Waals surface area contributed by atoms with Crippen LogP contribution in [0.25, 0.3) is 0 Å². The molecule has 0 fully saturated rings. The summed E-state index contributed by atoms with van der Waals surface area (Å²) in [5, 5.41) is 20.8. The Kier molecular flexibility index (Phi) is 6.48. The maximum Gasteiger partial charge on any atom is 0.326 e. The van der Waals surface area contributed by atoms with Gasteiger partial charge in [-0.05, 0) is 37.1 Å². The highest BCUT2D eigenvalue weighted by atomic mass is 16.5. The van der Waals surface area contributed by atoms with E-state index >= 15 is 0 Å². The number of phenolic OH excluding ortho intramolecular Hbond substituents is 1. The number of aliphatic carboxylic acids is 1. The number of nitrogens with zero attached hydrogens (tertiary/aromatic N) is 1. The number of anilines is 1. The molecule has 116 valence electrons. The van der Waals surface area contributed by atoms with Crippen molar-refractivity contribution in [1.82, 2.24) is 5.32 Å². The van der Waals surface area contributed by atoms with Crippen molar-refractivity contribution in [1.29, 1.82) is 0 Å². The van der Waals surface area contributed by atoms with Crippen molar-refractivity contribution in [3.05, 3.63) is 24.3 Å². The number of methoxy groups -OCH3 is 1. The van der Waals surface area contributed by atoms with Crippen LogP contribution in [0, 0.1) is 0 Å². The van der Waals surface area contributed by atoms with Crippen LogP contribution >= 0.6 is 0 Å². The highest BCUT2D eigenvalue weighted by Gasteiger charge is 2.21. The number of carbonyl (C=O) groups excluding carboxylic acids is 1. The van der Waals surface area contributed by atoms with Gasteiger partial charge in [0.25, 0.3) is 0 Å². The molecule has 0 heterocycles. The van der Waals surface area contributed by atoms with Gasteiger partial charge in [0, 0.05) is 26.5 Å². The van der Waals surface area contributed by atoms with E-state index in [1.165, 1.54) is 31.2 Å². The van der Waals surface area contributed by atoms with Crippen molar-refractivity contribution < 1.29 is 24.5 Å². The van der Waals surface area contributed by atoms with Gasteiger partial charge in [0.15, 0.2) is 0 Å². The lowest BCUT2D eigenvalue weighted by Crippen LogP contribution is -2.46. The Bertz CT molecular complexity index is 475. The number of amides is 2. The average molecular weight is 296 g/mol. The minimum atomic E-state index is -1.08. The van der Waals surface area contributed by atoms with Crippen molar-refractivity contribution >= 4 is 17.7 Å². The van der Waals surface area contributed by atoms with Gasteiger partial charge in [0.1, 0.15) is 11.8 Å². The van der Waals surface area contributed by atoms with E-state index in [0.717, 1.165) is 0 Å². The number of benzene rings is 1. The second-order valence-electron chi connectivity index (χ2n) is 4.55. The van der Waals surface area contributed by atoms with Gasteiger partial charge in [0.2, 0.25) is 0 Å². The molecule has 1 atom stereocenters. The highest BCUT2D eigenvalue weighted by molar-refractivity contribution is 5.94. The molecule has 21 heavy (non-hydrogen) atoms. The predicted octanol–water partition coefficient (Wildman–Crippen LogP) is 1.42. The van der Waals surface area contributed by atoms with Crippen LogP contribution in [-0.2, 0) is 9.53 Å². The van der Waals surface area contributed by atoms with Crippen molar-refractivity contribution in [2.75, 3.05) is 25.7 Å². The van der Waals surface area contributed by atoms with Gasteiger partial charge in [-0.15, -0.1) is 0 Å². The molecule has 0 saturated carbocycles. The topological polar surface area (TPSA) is 99.1 Å². The molecule has 0 aliphatic carbocycles. The van der Waals surface area contributed by atoms with Crippen LogP contribution in [0.5, 0.6) is 5.75 Å². The number of aromatic hydroxyl groups is 1. The third-order valence-corrected chi connectivity index (χ3v) is 2.98. The number of carboxylic acid groups (broad SMARTS) is 1. The average Bonchev–Trinajstić information content (AvgIpc) is 2.46. The zero-order valence-corrected chi connectivity index (χ0v) is 12.1. The van der Waals surface area contributed by atoms with Crippen molar-refractivity contribution in [3.8, 4) is 5.75 Å². The van der Waals surface area contributed by atoms with Crippen LogP contribution in [0.2, 0.25) is 0 Å². The first-order valence-corrected chi connectivity index (χ1v) is 6.50. The van der Waals surface area contributed by atoms with E-state index in [9.17, 15) is 14.7 Å². The fourth-order valence-electron chi connectivity index (χ4n) is 1.73. The Labute approximate surface area is 123 Å². The molecule has 1 aromatic carbocycles. The summed E-state index contributed by atoms with van der Waals surface area (Å²) in [5.74, 6) is -0.992. The fourth-order valence-corrected chi connectivity index (χ4v) is 1.73. The zero-order valence-electron chi connectivity index (χ0n) is 12.1. The smallest absolute Gasteiger partial charge is 0.326 e. The number of carbonyl (C=O) groups is 2. The molecule has 3 N–H and O–H groups in total. The molecule has 0 aliphatic heterocycles. The number of hydrogen-bond acceptors (Lipinski definition) is 4. The van der Waals surface area contributed by atoms with Crippen molar-refractivity contribution in [3.63, 3.8) is 0 Å². The van der Waals surface area contributed by atoms with Crippen LogP contribution in [0.15, 0.2) is 24.3 Å². The van der Waals surface area contributed by atoms with Gasteiger partial charge in [-0.1, -0.05) is 0 Å². The minimum Gasteiger partial charge on any atom is -0.508 e. The Morgan fingerprint density at radius 1 is 1.33 bits per heavy atom. The number of ether oxygens (including phenoxy) is 1. The zero-order chi connectivity index (χ0) is 15.8. The number of rotatable bonds is 7. The van der Waals surface area contributed by atoms with Crippen molar-refractivity contribution in [2.45, 2.75) is 18.9 Å². The molecular weight excluding hydrogens is 276 g/mol. The predicted molar refractivity (Wildman–Crippen MR) is 77.6 cm³/mol. The van der Waals surface area contributed by atoms with Crippen LogP contribution in [0.3, 0.4) is 0 Å². The molecule has 0 aromatic heterocycles. The van der Waals surface area contributed by atoms with Gasteiger partial charge < -0.3 is 20.3 Å². The lowest BCUT2D eigenvalue weighted by Gasteiger charge is -2.21. The molecule has 1 aromatic rings. The summed E-state index contributed by atoms with van der Waals surface area (Å²) in [5.41, 5.74) is 0.548. The summed E-state index contributed by atoms with van der Waals surface area (Å²) < 4.78 is 4.87. The monoisotopic (exact) mass is 296 g/mol. The number of phenols is 1. The highest BCUT2D eigenvalue weighted by Crippen LogP contribution is 2.17. The Morgan fingerprint density at radius 3 is 2.48 bits per heavy atom. The molecule has 1 rings (SSSR count). The third kappa shape index (κ3) is 5.31. The third-order valence-electron chi connectivity index (χ3n) is 2.98. The summed E-state index contributed by atoms with van der Waals surface area (Å²) in [6.45, 7) is 0.438. The molecule has 0 radical (unpaired) electrons. The van der Waals surface area contributed by atoms with E-state index in [2.05, 4.69) is 5.32 Å². The minimum absolute atomic E-state index is 0.0931. The number of nitrogens with one attached hydrogen (secondary N) is 1. The fraction of sp³-hybridized carbons (Fsp3) is 0.429.